The Hall–Kier alpha value is -0.870. The third kappa shape index (κ3) is 1.81. The lowest BCUT2D eigenvalue weighted by Gasteiger charge is -2.14. The van der Waals surface area contributed by atoms with Gasteiger partial charge < -0.3 is 10.4 Å². The van der Waals surface area contributed by atoms with Crippen LogP contribution >= 0.6 is 15.9 Å². The molecule has 14 heavy (non-hydrogen) atoms. The molecule has 2 N–H and O–H groups in total. The molecule has 1 saturated heterocycles. The summed E-state index contributed by atoms with van der Waals surface area (Å²) in [6.07, 6.45) is -0.422. The van der Waals surface area contributed by atoms with Crippen molar-refractivity contribution in [3.8, 4) is 0 Å². The van der Waals surface area contributed by atoms with Gasteiger partial charge in [0, 0.05) is 4.47 Å². The molecule has 1 fully saturated rings. The summed E-state index contributed by atoms with van der Waals surface area (Å²) in [5, 5.41) is 12.3. The molecular formula is C10H10BrNO2. The van der Waals surface area contributed by atoms with Crippen molar-refractivity contribution in [2.24, 2.45) is 0 Å². The van der Waals surface area contributed by atoms with E-state index in [4.69, 9.17) is 0 Å². The van der Waals surface area contributed by atoms with Crippen LogP contribution in [0.3, 0.4) is 0 Å². The molecule has 0 bridgehead atoms. The molecule has 0 aromatic heterocycles. The fourth-order valence-corrected chi connectivity index (χ4v) is 2.06. The van der Waals surface area contributed by atoms with Crippen molar-refractivity contribution in [2.75, 3.05) is 0 Å². The molecule has 2 atom stereocenters. The Bertz CT molecular complexity index is 367. The molecule has 0 radical (unpaired) electrons. The van der Waals surface area contributed by atoms with E-state index < -0.39 is 6.10 Å². The molecule has 2 rings (SSSR count). The Morgan fingerprint density at radius 3 is 2.86 bits per heavy atom. The molecule has 1 aliphatic rings. The van der Waals surface area contributed by atoms with Crippen LogP contribution in [0.5, 0.6) is 0 Å². The van der Waals surface area contributed by atoms with Crippen molar-refractivity contribution in [1.29, 1.82) is 0 Å². The molecule has 4 heteroatoms. The van der Waals surface area contributed by atoms with Gasteiger partial charge in [0.25, 0.3) is 0 Å². The molecule has 2 unspecified atom stereocenters. The number of benzene rings is 1. The van der Waals surface area contributed by atoms with Gasteiger partial charge in [-0.3, -0.25) is 4.79 Å². The van der Waals surface area contributed by atoms with E-state index in [1.165, 1.54) is 0 Å². The van der Waals surface area contributed by atoms with Crippen LogP contribution in [0.25, 0.3) is 0 Å². The summed E-state index contributed by atoms with van der Waals surface area (Å²) in [5.74, 6) is -0.0949. The predicted octanol–water partition coefficient (Wildman–Crippen LogP) is 1.37. The summed E-state index contributed by atoms with van der Waals surface area (Å²) in [6.45, 7) is 0. The molecule has 3 nitrogen and oxygen atoms in total. The van der Waals surface area contributed by atoms with Crippen LogP contribution in [-0.4, -0.2) is 17.1 Å². The minimum atomic E-state index is -0.614. The van der Waals surface area contributed by atoms with Crippen LogP contribution in [-0.2, 0) is 4.79 Å². The molecular weight excluding hydrogens is 246 g/mol. The number of nitrogens with one attached hydrogen (secondary N) is 1. The average molecular weight is 256 g/mol. The van der Waals surface area contributed by atoms with Crippen LogP contribution in [0.15, 0.2) is 28.7 Å². The van der Waals surface area contributed by atoms with E-state index in [1.54, 1.807) is 0 Å². The summed E-state index contributed by atoms with van der Waals surface area (Å²) >= 11 is 3.35. The summed E-state index contributed by atoms with van der Waals surface area (Å²) in [6, 6.07) is 7.33. The predicted molar refractivity (Wildman–Crippen MR) is 55.6 cm³/mol. The van der Waals surface area contributed by atoms with Gasteiger partial charge in [0.2, 0.25) is 5.91 Å². The third-order valence-electron chi connectivity index (χ3n) is 2.30. The topological polar surface area (TPSA) is 49.3 Å². The minimum Gasteiger partial charge on any atom is -0.390 e. The number of hydrogen-bond acceptors (Lipinski definition) is 2. The van der Waals surface area contributed by atoms with E-state index in [0.717, 1.165) is 10.0 Å². The van der Waals surface area contributed by atoms with Gasteiger partial charge in [-0.15, -0.1) is 0 Å². The largest absolute Gasteiger partial charge is 0.390 e. The first-order valence-corrected chi connectivity index (χ1v) is 5.19. The molecule has 0 saturated carbocycles. The van der Waals surface area contributed by atoms with E-state index in [-0.39, 0.29) is 18.4 Å². The summed E-state index contributed by atoms with van der Waals surface area (Å²) < 4.78 is 0.948. The summed E-state index contributed by atoms with van der Waals surface area (Å²) in [7, 11) is 0. The SMILES string of the molecule is O=C1CC(O)C(c2cccc(Br)c2)N1. The van der Waals surface area contributed by atoms with Crippen molar-refractivity contribution in [3.05, 3.63) is 34.3 Å². The Balaban J connectivity index is 2.27. The van der Waals surface area contributed by atoms with Gasteiger partial charge in [-0.1, -0.05) is 28.1 Å². The van der Waals surface area contributed by atoms with Crippen molar-refractivity contribution in [2.45, 2.75) is 18.6 Å². The number of aliphatic hydroxyl groups excluding tert-OH is 1. The Labute approximate surface area is 90.3 Å². The number of hydrogen-bond donors (Lipinski definition) is 2. The van der Waals surface area contributed by atoms with E-state index in [1.807, 2.05) is 24.3 Å². The van der Waals surface area contributed by atoms with Crippen molar-refractivity contribution in [1.82, 2.24) is 5.32 Å². The molecule has 0 aliphatic carbocycles. The lowest BCUT2D eigenvalue weighted by atomic mass is 10.0. The van der Waals surface area contributed by atoms with Crippen molar-refractivity contribution >= 4 is 21.8 Å². The van der Waals surface area contributed by atoms with Gasteiger partial charge in [-0.25, -0.2) is 0 Å². The zero-order valence-electron chi connectivity index (χ0n) is 7.40. The Morgan fingerprint density at radius 2 is 2.29 bits per heavy atom. The zero-order chi connectivity index (χ0) is 10.1. The van der Waals surface area contributed by atoms with E-state index >= 15 is 0 Å². The smallest absolute Gasteiger partial charge is 0.223 e. The number of carbonyl (C=O) groups is 1. The second-order valence-electron chi connectivity index (χ2n) is 3.37. The van der Waals surface area contributed by atoms with Gasteiger partial charge in [-0.2, -0.15) is 0 Å². The lowest BCUT2D eigenvalue weighted by molar-refractivity contribution is -0.119. The van der Waals surface area contributed by atoms with Crippen LogP contribution in [0.1, 0.15) is 18.0 Å². The van der Waals surface area contributed by atoms with Crippen molar-refractivity contribution < 1.29 is 9.90 Å². The number of rotatable bonds is 1. The first kappa shape index (κ1) is 9.68. The maximum absolute atomic E-state index is 11.0. The Kier molecular flexibility index (Phi) is 2.56. The number of halogens is 1. The number of aliphatic hydroxyl groups is 1. The van der Waals surface area contributed by atoms with Crippen LogP contribution in [0, 0.1) is 0 Å². The van der Waals surface area contributed by atoms with Crippen LogP contribution < -0.4 is 5.32 Å². The highest BCUT2D eigenvalue weighted by atomic mass is 79.9. The Morgan fingerprint density at radius 1 is 1.50 bits per heavy atom. The molecule has 1 aromatic rings. The molecule has 74 valence electrons. The second kappa shape index (κ2) is 3.71. The highest BCUT2D eigenvalue weighted by molar-refractivity contribution is 9.10. The molecule has 1 aromatic carbocycles. The van der Waals surface area contributed by atoms with Gasteiger partial charge in [0.05, 0.1) is 18.6 Å². The number of carbonyl (C=O) groups excluding carboxylic acids is 1. The van der Waals surface area contributed by atoms with Gasteiger partial charge >= 0.3 is 0 Å². The monoisotopic (exact) mass is 255 g/mol. The summed E-state index contributed by atoms with van der Waals surface area (Å²) in [4.78, 5) is 11.0. The zero-order valence-corrected chi connectivity index (χ0v) is 8.99. The normalized spacial score (nSPS) is 26.3. The fourth-order valence-electron chi connectivity index (χ4n) is 1.64. The van der Waals surface area contributed by atoms with Crippen LogP contribution in [0.2, 0.25) is 0 Å². The van der Waals surface area contributed by atoms with Crippen LogP contribution in [0.4, 0.5) is 0 Å². The van der Waals surface area contributed by atoms with E-state index in [9.17, 15) is 9.90 Å². The summed E-state index contributed by atoms with van der Waals surface area (Å²) in [5.41, 5.74) is 0.928. The highest BCUT2D eigenvalue weighted by Gasteiger charge is 2.31. The van der Waals surface area contributed by atoms with Gasteiger partial charge in [-0.05, 0) is 17.7 Å². The average Bonchev–Trinajstić information content (AvgIpc) is 2.45. The van der Waals surface area contributed by atoms with Gasteiger partial charge in [0.15, 0.2) is 0 Å². The second-order valence-corrected chi connectivity index (χ2v) is 4.29. The quantitative estimate of drug-likeness (QED) is 0.797. The standard InChI is InChI=1S/C10H10BrNO2/c11-7-3-1-2-6(4-7)10-8(13)5-9(14)12-10/h1-4,8,10,13H,5H2,(H,12,14). The maximum Gasteiger partial charge on any atom is 0.223 e. The molecule has 1 heterocycles. The number of amides is 1. The van der Waals surface area contributed by atoms with Gasteiger partial charge in [0.1, 0.15) is 0 Å². The molecule has 0 spiro atoms. The molecule has 1 aliphatic heterocycles. The first-order valence-electron chi connectivity index (χ1n) is 4.40. The minimum absolute atomic E-state index is 0.0949. The lowest BCUT2D eigenvalue weighted by Crippen LogP contribution is -2.22. The first-order chi connectivity index (χ1) is 6.66. The van der Waals surface area contributed by atoms with E-state index in [2.05, 4.69) is 21.2 Å². The van der Waals surface area contributed by atoms with E-state index in [0.29, 0.717) is 0 Å². The molecule has 1 amide bonds. The maximum atomic E-state index is 11.0. The highest BCUT2D eigenvalue weighted by Crippen LogP contribution is 2.26. The third-order valence-corrected chi connectivity index (χ3v) is 2.80. The van der Waals surface area contributed by atoms with Crippen molar-refractivity contribution in [3.63, 3.8) is 0 Å². The fraction of sp³-hybridized carbons (Fsp3) is 0.300.